The first-order chi connectivity index (χ1) is 8.45. The molecule has 0 aromatic rings. The second-order valence-electron chi connectivity index (χ2n) is 6.28. The lowest BCUT2D eigenvalue weighted by Crippen LogP contribution is -2.44. The molecule has 3 nitrogen and oxygen atoms in total. The fourth-order valence-electron chi connectivity index (χ4n) is 2.87. The number of rotatable bonds is 6. The van der Waals surface area contributed by atoms with E-state index in [2.05, 4.69) is 27.7 Å². The Morgan fingerprint density at radius 3 is 2.61 bits per heavy atom. The minimum Gasteiger partial charge on any atom is -0.449 e. The summed E-state index contributed by atoms with van der Waals surface area (Å²) in [6.45, 7) is 10.0. The lowest BCUT2D eigenvalue weighted by molar-refractivity contribution is 0.0364. The zero-order valence-electron chi connectivity index (χ0n) is 12.6. The van der Waals surface area contributed by atoms with Crippen LogP contribution in [0.1, 0.15) is 47.0 Å². The van der Waals surface area contributed by atoms with E-state index in [9.17, 15) is 4.79 Å². The molecule has 0 heterocycles. The van der Waals surface area contributed by atoms with Crippen LogP contribution in [0.25, 0.3) is 0 Å². The predicted octanol–water partition coefficient (Wildman–Crippen LogP) is 3.78. The van der Waals surface area contributed by atoms with Gasteiger partial charge in [-0.05, 0) is 30.1 Å². The first kappa shape index (κ1) is 15.3. The normalized spacial score (nSPS) is 26.9. The highest BCUT2D eigenvalue weighted by molar-refractivity contribution is 5.67. The van der Waals surface area contributed by atoms with E-state index in [1.54, 1.807) is 4.90 Å². The third-order valence-corrected chi connectivity index (χ3v) is 4.01. The van der Waals surface area contributed by atoms with Gasteiger partial charge in [0.1, 0.15) is 0 Å². The van der Waals surface area contributed by atoms with Gasteiger partial charge in [0.15, 0.2) is 0 Å². The molecule has 0 spiro atoms. The number of hydrogen-bond acceptors (Lipinski definition) is 2. The van der Waals surface area contributed by atoms with Crippen LogP contribution in [-0.4, -0.2) is 31.2 Å². The van der Waals surface area contributed by atoms with E-state index in [1.165, 1.54) is 19.3 Å². The third-order valence-electron chi connectivity index (χ3n) is 4.01. The first-order valence-electron chi connectivity index (χ1n) is 7.33. The van der Waals surface area contributed by atoms with Gasteiger partial charge in [0.2, 0.25) is 0 Å². The smallest absolute Gasteiger partial charge is 0.409 e. The summed E-state index contributed by atoms with van der Waals surface area (Å²) in [5.74, 6) is 2.63. The van der Waals surface area contributed by atoms with E-state index in [0.717, 1.165) is 18.4 Å². The van der Waals surface area contributed by atoms with Gasteiger partial charge in [-0.15, -0.1) is 0 Å². The topological polar surface area (TPSA) is 29.5 Å². The maximum absolute atomic E-state index is 11.8. The number of carbonyl (C=O) groups excluding carboxylic acids is 1. The lowest BCUT2D eigenvalue weighted by Gasteiger charge is -2.44. The van der Waals surface area contributed by atoms with Crippen LogP contribution >= 0.6 is 0 Å². The molecule has 18 heavy (non-hydrogen) atoms. The molecule has 0 bridgehead atoms. The standard InChI is InChI=1S/C15H29NO2/c1-6-7-13-8-12(4)14(13)9-16(5)15(17)18-10-11(2)3/h11-14H,6-10H2,1-5H3. The van der Waals surface area contributed by atoms with E-state index in [1.807, 2.05) is 7.05 Å². The van der Waals surface area contributed by atoms with Crippen molar-refractivity contribution in [2.24, 2.45) is 23.7 Å². The summed E-state index contributed by atoms with van der Waals surface area (Å²) < 4.78 is 5.25. The summed E-state index contributed by atoms with van der Waals surface area (Å²) >= 11 is 0. The maximum Gasteiger partial charge on any atom is 0.409 e. The molecule has 1 fully saturated rings. The molecule has 0 radical (unpaired) electrons. The monoisotopic (exact) mass is 255 g/mol. The lowest BCUT2D eigenvalue weighted by atomic mass is 9.64. The molecule has 0 aromatic carbocycles. The average molecular weight is 255 g/mol. The van der Waals surface area contributed by atoms with Crippen molar-refractivity contribution in [1.29, 1.82) is 0 Å². The largest absolute Gasteiger partial charge is 0.449 e. The Hall–Kier alpha value is -0.730. The van der Waals surface area contributed by atoms with Crippen LogP contribution in [0.4, 0.5) is 4.79 Å². The number of hydrogen-bond donors (Lipinski definition) is 0. The van der Waals surface area contributed by atoms with Crippen molar-refractivity contribution < 1.29 is 9.53 Å². The SMILES string of the molecule is CCCC1CC(C)C1CN(C)C(=O)OCC(C)C. The predicted molar refractivity (Wildman–Crippen MR) is 74.5 cm³/mol. The van der Waals surface area contributed by atoms with E-state index < -0.39 is 0 Å². The van der Waals surface area contributed by atoms with Crippen LogP contribution < -0.4 is 0 Å². The van der Waals surface area contributed by atoms with Crippen molar-refractivity contribution in [2.45, 2.75) is 47.0 Å². The highest BCUT2D eigenvalue weighted by Crippen LogP contribution is 2.43. The highest BCUT2D eigenvalue weighted by Gasteiger charge is 2.38. The molecule has 0 aliphatic heterocycles. The van der Waals surface area contributed by atoms with Gasteiger partial charge in [-0.1, -0.05) is 40.5 Å². The average Bonchev–Trinajstić information content (AvgIpc) is 2.32. The Balaban J connectivity index is 2.34. The molecule has 3 unspecified atom stereocenters. The first-order valence-corrected chi connectivity index (χ1v) is 7.33. The van der Waals surface area contributed by atoms with Crippen LogP contribution in [0.2, 0.25) is 0 Å². The molecule has 0 aromatic heterocycles. The number of ether oxygens (including phenoxy) is 1. The molecule has 1 rings (SSSR count). The second-order valence-corrected chi connectivity index (χ2v) is 6.28. The Morgan fingerprint density at radius 2 is 2.11 bits per heavy atom. The van der Waals surface area contributed by atoms with Crippen molar-refractivity contribution in [3.8, 4) is 0 Å². The molecule has 3 atom stereocenters. The van der Waals surface area contributed by atoms with Crippen molar-refractivity contribution >= 4 is 6.09 Å². The van der Waals surface area contributed by atoms with Crippen molar-refractivity contribution in [1.82, 2.24) is 4.90 Å². The molecule has 0 saturated heterocycles. The summed E-state index contributed by atoms with van der Waals surface area (Å²) in [4.78, 5) is 13.6. The van der Waals surface area contributed by atoms with Gasteiger partial charge < -0.3 is 9.64 Å². The minimum absolute atomic E-state index is 0.168. The zero-order valence-corrected chi connectivity index (χ0v) is 12.6. The number of nitrogens with zero attached hydrogens (tertiary/aromatic N) is 1. The zero-order chi connectivity index (χ0) is 13.7. The van der Waals surface area contributed by atoms with Gasteiger partial charge in [-0.2, -0.15) is 0 Å². The molecule has 1 saturated carbocycles. The molecular formula is C15H29NO2. The van der Waals surface area contributed by atoms with E-state index in [0.29, 0.717) is 18.4 Å². The van der Waals surface area contributed by atoms with Gasteiger partial charge in [-0.25, -0.2) is 4.79 Å². The highest BCUT2D eigenvalue weighted by atomic mass is 16.6. The summed E-state index contributed by atoms with van der Waals surface area (Å²) in [6, 6.07) is 0. The molecule has 1 aliphatic rings. The van der Waals surface area contributed by atoms with Gasteiger partial charge in [-0.3, -0.25) is 0 Å². The van der Waals surface area contributed by atoms with Crippen molar-refractivity contribution in [3.63, 3.8) is 0 Å². The Kier molecular flexibility index (Phi) is 5.97. The third kappa shape index (κ3) is 4.18. The Morgan fingerprint density at radius 1 is 1.44 bits per heavy atom. The molecule has 106 valence electrons. The second kappa shape index (κ2) is 7.01. The van der Waals surface area contributed by atoms with Crippen LogP contribution in [0.15, 0.2) is 0 Å². The van der Waals surface area contributed by atoms with E-state index >= 15 is 0 Å². The van der Waals surface area contributed by atoms with Gasteiger partial charge in [0.05, 0.1) is 6.61 Å². The quantitative estimate of drug-likeness (QED) is 0.723. The van der Waals surface area contributed by atoms with Crippen molar-refractivity contribution in [2.75, 3.05) is 20.2 Å². The molecule has 0 N–H and O–H groups in total. The molecule has 1 amide bonds. The van der Waals surface area contributed by atoms with Gasteiger partial charge in [0, 0.05) is 13.6 Å². The number of amides is 1. The molecular weight excluding hydrogens is 226 g/mol. The summed E-state index contributed by atoms with van der Waals surface area (Å²) in [5.41, 5.74) is 0. The van der Waals surface area contributed by atoms with Gasteiger partial charge >= 0.3 is 6.09 Å². The Bertz CT molecular complexity index is 263. The maximum atomic E-state index is 11.8. The van der Waals surface area contributed by atoms with E-state index in [4.69, 9.17) is 4.74 Å². The fraction of sp³-hybridized carbons (Fsp3) is 0.933. The number of carbonyl (C=O) groups is 1. The Labute approximate surface area is 112 Å². The van der Waals surface area contributed by atoms with Crippen LogP contribution in [-0.2, 0) is 4.74 Å². The van der Waals surface area contributed by atoms with Crippen molar-refractivity contribution in [3.05, 3.63) is 0 Å². The van der Waals surface area contributed by atoms with Crippen LogP contribution in [0.3, 0.4) is 0 Å². The summed E-state index contributed by atoms with van der Waals surface area (Å²) in [7, 11) is 1.86. The van der Waals surface area contributed by atoms with Crippen LogP contribution in [0.5, 0.6) is 0 Å². The molecule has 3 heteroatoms. The summed E-state index contributed by atoms with van der Waals surface area (Å²) in [5, 5.41) is 0. The fourth-order valence-corrected chi connectivity index (χ4v) is 2.87. The van der Waals surface area contributed by atoms with E-state index in [-0.39, 0.29) is 6.09 Å². The molecule has 1 aliphatic carbocycles. The minimum atomic E-state index is -0.168. The summed E-state index contributed by atoms with van der Waals surface area (Å²) in [6.07, 6.45) is 3.70. The van der Waals surface area contributed by atoms with Gasteiger partial charge in [0.25, 0.3) is 0 Å². The van der Waals surface area contributed by atoms with Crippen LogP contribution in [0, 0.1) is 23.7 Å².